The Hall–Kier alpha value is -1.63. The van der Waals surface area contributed by atoms with Gasteiger partial charge in [-0.15, -0.1) is 0 Å². The van der Waals surface area contributed by atoms with E-state index in [1.54, 1.807) is 0 Å². The summed E-state index contributed by atoms with van der Waals surface area (Å²) in [4.78, 5) is 4.39. The number of hydrogen-bond donors (Lipinski definition) is 0. The third kappa shape index (κ3) is 3.42. The van der Waals surface area contributed by atoms with Crippen LogP contribution in [0.2, 0.25) is 0 Å². The highest BCUT2D eigenvalue weighted by atomic mass is 14.7. The first-order valence-corrected chi connectivity index (χ1v) is 6.29. The summed E-state index contributed by atoms with van der Waals surface area (Å²) in [5.74, 6) is 0.531. The molecule has 0 spiro atoms. The van der Waals surface area contributed by atoms with E-state index in [-0.39, 0.29) is 0 Å². The molecule has 2 rings (SSSR count). The molecule has 0 saturated heterocycles. The van der Waals surface area contributed by atoms with Crippen molar-refractivity contribution in [3.8, 4) is 11.3 Å². The zero-order valence-electron chi connectivity index (χ0n) is 11.1. The maximum atomic E-state index is 4.39. The van der Waals surface area contributed by atoms with Crippen molar-refractivity contribution in [1.29, 1.82) is 0 Å². The smallest absolute Gasteiger partial charge is 0.0704 e. The summed E-state index contributed by atoms with van der Waals surface area (Å²) in [6.07, 6.45) is 1.84. The number of benzene rings is 1. The minimum absolute atomic E-state index is 0.531. The van der Waals surface area contributed by atoms with Gasteiger partial charge in [0.1, 0.15) is 0 Å². The molecule has 17 heavy (non-hydrogen) atoms. The predicted octanol–water partition coefficient (Wildman–Crippen LogP) is 4.90. The molecule has 1 nitrogen and oxygen atoms in total. The van der Waals surface area contributed by atoms with Crippen molar-refractivity contribution in [2.75, 3.05) is 0 Å². The Morgan fingerprint density at radius 1 is 0.882 bits per heavy atom. The summed E-state index contributed by atoms with van der Waals surface area (Å²) in [6, 6.07) is 14.5. The van der Waals surface area contributed by atoms with Crippen molar-refractivity contribution in [2.24, 2.45) is 0 Å². The van der Waals surface area contributed by atoms with Crippen LogP contribution in [0.5, 0.6) is 0 Å². The van der Waals surface area contributed by atoms with Crippen LogP contribution in [0.25, 0.3) is 11.3 Å². The van der Waals surface area contributed by atoms with Crippen LogP contribution in [0, 0.1) is 0 Å². The van der Waals surface area contributed by atoms with E-state index in [1.165, 1.54) is 11.1 Å². The number of nitrogens with zero attached hydrogens (tertiary/aromatic N) is 1. The van der Waals surface area contributed by atoms with Gasteiger partial charge in [-0.25, -0.2) is 0 Å². The standard InChI is InChI=1S/C14H15N.C2H6/c1-11(2)12-7-3-4-8-13(12)14-9-5-6-10-15-14;1-2/h3-11H,1-2H3;1-2H3. The maximum Gasteiger partial charge on any atom is 0.0704 e. The normalized spacial score (nSPS) is 9.71. The van der Waals surface area contributed by atoms with E-state index < -0.39 is 0 Å². The van der Waals surface area contributed by atoms with Gasteiger partial charge in [0.2, 0.25) is 0 Å². The van der Waals surface area contributed by atoms with Crippen molar-refractivity contribution in [3.05, 3.63) is 54.2 Å². The third-order valence-electron chi connectivity index (χ3n) is 2.52. The lowest BCUT2D eigenvalue weighted by Gasteiger charge is -2.11. The monoisotopic (exact) mass is 227 g/mol. The fraction of sp³-hybridized carbons (Fsp3) is 0.312. The van der Waals surface area contributed by atoms with Crippen LogP contribution in [-0.4, -0.2) is 4.98 Å². The molecule has 90 valence electrons. The van der Waals surface area contributed by atoms with Gasteiger partial charge < -0.3 is 0 Å². The first kappa shape index (κ1) is 13.4. The Labute approximate surface area is 105 Å². The largest absolute Gasteiger partial charge is 0.256 e. The quantitative estimate of drug-likeness (QED) is 0.711. The summed E-state index contributed by atoms with van der Waals surface area (Å²) < 4.78 is 0. The maximum absolute atomic E-state index is 4.39. The Morgan fingerprint density at radius 2 is 1.53 bits per heavy atom. The summed E-state index contributed by atoms with van der Waals surface area (Å²) in [7, 11) is 0. The number of pyridine rings is 1. The van der Waals surface area contributed by atoms with Gasteiger partial charge in [-0.05, 0) is 23.6 Å². The molecule has 2 aromatic rings. The van der Waals surface area contributed by atoms with Gasteiger partial charge in [-0.1, -0.05) is 58.0 Å². The number of aromatic nitrogens is 1. The molecular formula is C16H21N. The number of hydrogen-bond acceptors (Lipinski definition) is 1. The number of rotatable bonds is 2. The molecule has 0 radical (unpaired) electrons. The zero-order chi connectivity index (χ0) is 12.7. The molecule has 0 N–H and O–H groups in total. The van der Waals surface area contributed by atoms with Crippen LogP contribution >= 0.6 is 0 Å². The van der Waals surface area contributed by atoms with Crippen LogP contribution < -0.4 is 0 Å². The van der Waals surface area contributed by atoms with Crippen molar-refractivity contribution in [2.45, 2.75) is 33.6 Å². The molecule has 0 amide bonds. The summed E-state index contributed by atoms with van der Waals surface area (Å²) >= 11 is 0. The van der Waals surface area contributed by atoms with Crippen LogP contribution in [-0.2, 0) is 0 Å². The predicted molar refractivity (Wildman–Crippen MR) is 75.1 cm³/mol. The lowest BCUT2D eigenvalue weighted by Crippen LogP contribution is -1.93. The molecule has 0 aliphatic carbocycles. The highest BCUT2D eigenvalue weighted by Crippen LogP contribution is 2.27. The summed E-state index contributed by atoms with van der Waals surface area (Å²) in [5.41, 5.74) is 3.66. The molecule has 0 fully saturated rings. The molecule has 0 aliphatic rings. The van der Waals surface area contributed by atoms with Gasteiger partial charge in [-0.3, -0.25) is 4.98 Å². The van der Waals surface area contributed by atoms with Crippen LogP contribution in [0.3, 0.4) is 0 Å². The fourth-order valence-corrected chi connectivity index (χ4v) is 1.76. The van der Waals surface area contributed by atoms with Crippen LogP contribution in [0.15, 0.2) is 48.7 Å². The Morgan fingerprint density at radius 3 is 2.12 bits per heavy atom. The van der Waals surface area contributed by atoms with Gasteiger partial charge in [0.05, 0.1) is 5.69 Å². The Balaban J connectivity index is 0.000000686. The molecule has 1 heterocycles. The molecule has 0 atom stereocenters. The van der Waals surface area contributed by atoms with Gasteiger partial charge in [0, 0.05) is 11.8 Å². The molecule has 1 aromatic carbocycles. The summed E-state index contributed by atoms with van der Waals surface area (Å²) in [6.45, 7) is 8.42. The molecule has 0 unspecified atom stereocenters. The minimum Gasteiger partial charge on any atom is -0.256 e. The first-order chi connectivity index (χ1) is 8.29. The second-order valence-corrected chi connectivity index (χ2v) is 3.96. The average molecular weight is 227 g/mol. The average Bonchev–Trinajstić information content (AvgIpc) is 2.42. The van der Waals surface area contributed by atoms with Crippen molar-refractivity contribution in [1.82, 2.24) is 4.98 Å². The fourth-order valence-electron chi connectivity index (χ4n) is 1.76. The van der Waals surface area contributed by atoms with Crippen molar-refractivity contribution in [3.63, 3.8) is 0 Å². The second-order valence-electron chi connectivity index (χ2n) is 3.96. The zero-order valence-corrected chi connectivity index (χ0v) is 11.1. The van der Waals surface area contributed by atoms with E-state index in [0.29, 0.717) is 5.92 Å². The van der Waals surface area contributed by atoms with Gasteiger partial charge in [0.25, 0.3) is 0 Å². The van der Waals surface area contributed by atoms with E-state index in [0.717, 1.165) is 5.69 Å². The van der Waals surface area contributed by atoms with E-state index in [2.05, 4.69) is 49.2 Å². The van der Waals surface area contributed by atoms with E-state index in [1.807, 2.05) is 32.2 Å². The molecule has 1 aromatic heterocycles. The molecular weight excluding hydrogens is 206 g/mol. The Bertz CT molecular complexity index is 432. The molecule has 1 heteroatoms. The summed E-state index contributed by atoms with van der Waals surface area (Å²) in [5, 5.41) is 0. The van der Waals surface area contributed by atoms with E-state index in [4.69, 9.17) is 0 Å². The minimum atomic E-state index is 0.531. The third-order valence-corrected chi connectivity index (χ3v) is 2.52. The van der Waals surface area contributed by atoms with Crippen molar-refractivity contribution < 1.29 is 0 Å². The highest BCUT2D eigenvalue weighted by Gasteiger charge is 2.07. The van der Waals surface area contributed by atoms with E-state index >= 15 is 0 Å². The Kier molecular flexibility index (Phi) is 5.41. The van der Waals surface area contributed by atoms with Gasteiger partial charge >= 0.3 is 0 Å². The molecule has 0 aliphatic heterocycles. The topological polar surface area (TPSA) is 12.9 Å². The van der Waals surface area contributed by atoms with Gasteiger partial charge in [0.15, 0.2) is 0 Å². The first-order valence-electron chi connectivity index (χ1n) is 6.29. The highest BCUT2D eigenvalue weighted by molar-refractivity contribution is 5.64. The van der Waals surface area contributed by atoms with Crippen LogP contribution in [0.1, 0.15) is 39.2 Å². The van der Waals surface area contributed by atoms with Crippen LogP contribution in [0.4, 0.5) is 0 Å². The van der Waals surface area contributed by atoms with Gasteiger partial charge in [-0.2, -0.15) is 0 Å². The molecule has 0 saturated carbocycles. The molecule has 0 bridgehead atoms. The van der Waals surface area contributed by atoms with E-state index in [9.17, 15) is 0 Å². The lowest BCUT2D eigenvalue weighted by atomic mass is 9.95. The van der Waals surface area contributed by atoms with Crippen molar-refractivity contribution >= 4 is 0 Å². The SMILES string of the molecule is CC.CC(C)c1ccccc1-c1ccccn1. The lowest BCUT2D eigenvalue weighted by molar-refractivity contribution is 0.868. The second kappa shape index (κ2) is 6.85.